The zero-order valence-electron chi connectivity index (χ0n) is 11.5. The van der Waals surface area contributed by atoms with Crippen LogP contribution in [0.3, 0.4) is 0 Å². The molecule has 1 aromatic carbocycles. The minimum absolute atomic E-state index is 0.178. The fourth-order valence-electron chi connectivity index (χ4n) is 3.17. The smallest absolute Gasteiger partial charge is 0.256 e. The van der Waals surface area contributed by atoms with Gasteiger partial charge in [0.1, 0.15) is 5.82 Å². The second-order valence-electron chi connectivity index (χ2n) is 5.64. The van der Waals surface area contributed by atoms with Crippen molar-refractivity contribution < 1.29 is 9.18 Å². The molecule has 3 nitrogen and oxygen atoms in total. The van der Waals surface area contributed by atoms with E-state index in [1.54, 1.807) is 6.07 Å². The summed E-state index contributed by atoms with van der Waals surface area (Å²) in [5.41, 5.74) is 5.35. The van der Waals surface area contributed by atoms with Crippen LogP contribution in [0.1, 0.15) is 35.4 Å². The van der Waals surface area contributed by atoms with Crippen LogP contribution in [-0.2, 0) is 17.6 Å². The summed E-state index contributed by atoms with van der Waals surface area (Å²) < 4.78 is 13.4. The van der Waals surface area contributed by atoms with Crippen molar-refractivity contribution in [1.29, 1.82) is 0 Å². The van der Waals surface area contributed by atoms with Gasteiger partial charge in [0.05, 0.1) is 5.57 Å². The van der Waals surface area contributed by atoms with Crippen molar-refractivity contribution in [3.8, 4) is 0 Å². The van der Waals surface area contributed by atoms with Crippen molar-refractivity contribution in [2.24, 2.45) is 0 Å². The average Bonchev–Trinajstić information content (AvgIpc) is 3.01. The van der Waals surface area contributed by atoms with Gasteiger partial charge in [0.2, 0.25) is 0 Å². The summed E-state index contributed by atoms with van der Waals surface area (Å²) in [6, 6.07) is 6.46. The predicted octanol–water partition coefficient (Wildman–Crippen LogP) is 3.53. The summed E-state index contributed by atoms with van der Waals surface area (Å²) in [4.78, 5) is 15.5. The van der Waals surface area contributed by atoms with Gasteiger partial charge in [0.25, 0.3) is 5.91 Å². The number of aryl methyl sites for hydroxylation is 2. The van der Waals surface area contributed by atoms with Crippen molar-refractivity contribution in [3.05, 3.63) is 52.6 Å². The fourth-order valence-corrected chi connectivity index (χ4v) is 3.17. The summed E-state index contributed by atoms with van der Waals surface area (Å²) in [7, 11) is 0. The Balaban J connectivity index is 1.78. The number of amides is 1. The number of benzene rings is 1. The highest BCUT2D eigenvalue weighted by Gasteiger charge is 2.25. The van der Waals surface area contributed by atoms with Crippen LogP contribution in [0.5, 0.6) is 0 Å². The third-order valence-electron chi connectivity index (χ3n) is 4.20. The molecule has 0 atom stereocenters. The molecule has 0 radical (unpaired) electrons. The van der Waals surface area contributed by atoms with Gasteiger partial charge >= 0.3 is 0 Å². The first-order chi connectivity index (χ1) is 10.2. The number of rotatable bonds is 1. The number of fused-ring (bicyclic) bond motifs is 2. The molecular formula is C17H15FN2O. The number of carbonyl (C=O) groups excluding carboxylic acids is 1. The highest BCUT2D eigenvalue weighted by atomic mass is 19.1. The second kappa shape index (κ2) is 4.58. The van der Waals surface area contributed by atoms with E-state index in [2.05, 4.69) is 16.4 Å². The van der Waals surface area contributed by atoms with Crippen molar-refractivity contribution in [1.82, 2.24) is 4.98 Å². The molecule has 21 heavy (non-hydrogen) atoms. The standard InChI is InChI=1S/C17H15FN2O/c18-11-5-6-16-13(8-11)14(17(21)20-16)9-12-7-10-3-1-2-4-15(10)19-12/h5-9,19H,1-4H2,(H,20,21). The van der Waals surface area contributed by atoms with Gasteiger partial charge in [-0.15, -0.1) is 0 Å². The summed E-state index contributed by atoms with van der Waals surface area (Å²) in [6.45, 7) is 0. The lowest BCUT2D eigenvalue weighted by atomic mass is 9.98. The third kappa shape index (κ3) is 2.07. The van der Waals surface area contributed by atoms with Gasteiger partial charge in [-0.1, -0.05) is 0 Å². The Hall–Kier alpha value is -2.36. The number of anilines is 1. The van der Waals surface area contributed by atoms with Crippen LogP contribution in [-0.4, -0.2) is 10.9 Å². The number of carbonyl (C=O) groups is 1. The molecule has 0 bridgehead atoms. The Bertz CT molecular complexity index is 750. The Morgan fingerprint density at radius 3 is 2.86 bits per heavy atom. The summed E-state index contributed by atoms with van der Waals surface area (Å²) in [5.74, 6) is -0.509. The van der Waals surface area contributed by atoms with Crippen LogP contribution >= 0.6 is 0 Å². The minimum Gasteiger partial charge on any atom is -0.359 e. The van der Waals surface area contributed by atoms with E-state index < -0.39 is 0 Å². The summed E-state index contributed by atoms with van der Waals surface area (Å²) in [6.07, 6.45) is 6.40. The SMILES string of the molecule is O=C1Nc2ccc(F)cc2C1=Cc1cc2c([nH]1)CCCC2. The number of H-pyrrole nitrogens is 1. The van der Waals surface area contributed by atoms with Crippen LogP contribution in [0.15, 0.2) is 24.3 Å². The number of nitrogens with one attached hydrogen (secondary N) is 2. The van der Waals surface area contributed by atoms with Crippen molar-refractivity contribution in [2.75, 3.05) is 5.32 Å². The van der Waals surface area contributed by atoms with E-state index in [0.717, 1.165) is 18.5 Å². The highest BCUT2D eigenvalue weighted by molar-refractivity contribution is 6.34. The zero-order valence-corrected chi connectivity index (χ0v) is 11.5. The van der Waals surface area contributed by atoms with E-state index >= 15 is 0 Å². The number of aromatic amines is 1. The van der Waals surface area contributed by atoms with E-state index in [1.807, 2.05) is 6.08 Å². The molecule has 4 heteroatoms. The lowest BCUT2D eigenvalue weighted by Crippen LogP contribution is -2.03. The monoisotopic (exact) mass is 282 g/mol. The number of hydrogen-bond donors (Lipinski definition) is 2. The van der Waals surface area contributed by atoms with E-state index in [-0.39, 0.29) is 11.7 Å². The first kappa shape index (κ1) is 12.4. The topological polar surface area (TPSA) is 44.9 Å². The normalized spacial score (nSPS) is 18.5. The molecule has 0 fully saturated rings. The van der Waals surface area contributed by atoms with Gasteiger partial charge in [-0.05, 0) is 61.6 Å². The first-order valence-corrected chi connectivity index (χ1v) is 7.24. The molecular weight excluding hydrogens is 267 g/mol. The van der Waals surface area contributed by atoms with Crippen LogP contribution in [0.2, 0.25) is 0 Å². The molecule has 0 saturated carbocycles. The molecule has 0 saturated heterocycles. The third-order valence-corrected chi connectivity index (χ3v) is 4.20. The van der Waals surface area contributed by atoms with Crippen molar-refractivity contribution >= 4 is 23.2 Å². The minimum atomic E-state index is -0.332. The molecule has 2 aromatic rings. The Labute approximate surface area is 121 Å². The number of hydrogen-bond acceptors (Lipinski definition) is 1. The molecule has 0 unspecified atom stereocenters. The number of aromatic nitrogens is 1. The predicted molar refractivity (Wildman–Crippen MR) is 80.3 cm³/mol. The van der Waals surface area contributed by atoms with Crippen LogP contribution < -0.4 is 5.32 Å². The summed E-state index contributed by atoms with van der Waals surface area (Å²) >= 11 is 0. The largest absolute Gasteiger partial charge is 0.359 e. The van der Waals surface area contributed by atoms with E-state index in [0.29, 0.717) is 16.8 Å². The van der Waals surface area contributed by atoms with Gasteiger partial charge in [0, 0.05) is 22.6 Å². The molecule has 1 amide bonds. The second-order valence-corrected chi connectivity index (χ2v) is 5.64. The van der Waals surface area contributed by atoms with E-state index in [1.165, 1.54) is 36.2 Å². The molecule has 2 heterocycles. The Morgan fingerprint density at radius 2 is 2.00 bits per heavy atom. The lowest BCUT2D eigenvalue weighted by molar-refractivity contribution is -0.110. The van der Waals surface area contributed by atoms with Crippen molar-refractivity contribution in [3.63, 3.8) is 0 Å². The maximum atomic E-state index is 13.4. The van der Waals surface area contributed by atoms with E-state index in [4.69, 9.17) is 0 Å². The Morgan fingerprint density at radius 1 is 1.14 bits per heavy atom. The van der Waals surface area contributed by atoms with Gasteiger partial charge in [-0.3, -0.25) is 4.79 Å². The average molecular weight is 282 g/mol. The lowest BCUT2D eigenvalue weighted by Gasteiger charge is -2.08. The van der Waals surface area contributed by atoms with Crippen LogP contribution in [0.4, 0.5) is 10.1 Å². The van der Waals surface area contributed by atoms with Crippen LogP contribution in [0, 0.1) is 5.82 Å². The molecule has 2 aliphatic rings. The maximum absolute atomic E-state index is 13.4. The van der Waals surface area contributed by atoms with Gasteiger partial charge in [0.15, 0.2) is 0 Å². The van der Waals surface area contributed by atoms with Gasteiger partial charge < -0.3 is 10.3 Å². The maximum Gasteiger partial charge on any atom is 0.256 e. The molecule has 1 aliphatic carbocycles. The van der Waals surface area contributed by atoms with Gasteiger partial charge in [-0.25, -0.2) is 4.39 Å². The summed E-state index contributed by atoms with van der Waals surface area (Å²) in [5, 5.41) is 2.77. The molecule has 106 valence electrons. The molecule has 1 aliphatic heterocycles. The zero-order chi connectivity index (χ0) is 14.4. The Kier molecular flexibility index (Phi) is 2.70. The first-order valence-electron chi connectivity index (χ1n) is 7.24. The van der Waals surface area contributed by atoms with Crippen LogP contribution in [0.25, 0.3) is 11.6 Å². The highest BCUT2D eigenvalue weighted by Crippen LogP contribution is 2.34. The fraction of sp³-hybridized carbons (Fsp3) is 0.235. The number of halogens is 1. The van der Waals surface area contributed by atoms with Crippen molar-refractivity contribution in [2.45, 2.75) is 25.7 Å². The quantitative estimate of drug-likeness (QED) is 0.772. The molecule has 2 N–H and O–H groups in total. The van der Waals surface area contributed by atoms with Gasteiger partial charge in [-0.2, -0.15) is 0 Å². The van der Waals surface area contributed by atoms with E-state index in [9.17, 15) is 9.18 Å². The molecule has 1 aromatic heterocycles. The molecule has 0 spiro atoms. The molecule has 4 rings (SSSR count).